The molecule has 0 radical (unpaired) electrons. The molecule has 1 aliphatic rings. The van der Waals surface area contributed by atoms with Crippen molar-refractivity contribution >= 4 is 5.91 Å². The van der Waals surface area contributed by atoms with Crippen molar-refractivity contribution in [2.75, 3.05) is 13.1 Å². The number of aromatic nitrogens is 1. The maximum atomic E-state index is 12.2. The van der Waals surface area contributed by atoms with Crippen LogP contribution in [0.15, 0.2) is 10.6 Å². The normalized spacial score (nSPS) is 20.8. The molecule has 1 aromatic rings. The van der Waals surface area contributed by atoms with E-state index in [-0.39, 0.29) is 11.9 Å². The molecule has 0 bridgehead atoms. The van der Waals surface area contributed by atoms with Crippen molar-refractivity contribution in [3.63, 3.8) is 0 Å². The van der Waals surface area contributed by atoms with Gasteiger partial charge in [-0.15, -0.1) is 0 Å². The summed E-state index contributed by atoms with van der Waals surface area (Å²) in [6, 6.07) is 1.98. The van der Waals surface area contributed by atoms with Gasteiger partial charge in [-0.25, -0.2) is 0 Å². The molecule has 2 rings (SSSR count). The Bertz CT molecular complexity index is 403. The smallest absolute Gasteiger partial charge is 0.276 e. The minimum absolute atomic E-state index is 0.0322. The van der Waals surface area contributed by atoms with E-state index in [2.05, 4.69) is 12.1 Å². The monoisotopic (exact) mass is 251 g/mol. The molecule has 0 aromatic carbocycles. The quantitative estimate of drug-likeness (QED) is 0.885. The highest BCUT2D eigenvalue weighted by atomic mass is 16.5. The highest BCUT2D eigenvalue weighted by molar-refractivity contribution is 5.92. The van der Waals surface area contributed by atoms with Crippen LogP contribution in [0, 0.1) is 0 Å². The lowest BCUT2D eigenvalue weighted by molar-refractivity contribution is 0.0750. The van der Waals surface area contributed by atoms with Crippen LogP contribution in [0.5, 0.6) is 0 Å². The van der Waals surface area contributed by atoms with E-state index in [1.54, 1.807) is 6.07 Å². The topological polar surface area (TPSA) is 72.4 Å². The zero-order valence-corrected chi connectivity index (χ0v) is 10.9. The van der Waals surface area contributed by atoms with Crippen molar-refractivity contribution in [1.82, 2.24) is 10.1 Å². The van der Waals surface area contributed by atoms with Crippen LogP contribution in [0.3, 0.4) is 0 Å². The van der Waals surface area contributed by atoms with Crippen LogP contribution in [-0.4, -0.2) is 35.1 Å². The molecule has 1 amide bonds. The third-order valence-corrected chi connectivity index (χ3v) is 3.33. The zero-order valence-electron chi connectivity index (χ0n) is 10.9. The fourth-order valence-corrected chi connectivity index (χ4v) is 2.27. The molecule has 2 N–H and O–H groups in total. The fraction of sp³-hybridized carbons (Fsp3) is 0.692. The van der Waals surface area contributed by atoms with Crippen LogP contribution < -0.4 is 5.73 Å². The van der Waals surface area contributed by atoms with E-state index in [9.17, 15) is 4.79 Å². The molecule has 2 heterocycles. The highest BCUT2D eigenvalue weighted by Gasteiger charge is 2.22. The van der Waals surface area contributed by atoms with Crippen molar-refractivity contribution in [1.29, 1.82) is 0 Å². The van der Waals surface area contributed by atoms with Gasteiger partial charge in [-0.3, -0.25) is 4.79 Å². The van der Waals surface area contributed by atoms with Crippen molar-refractivity contribution in [2.45, 2.75) is 45.1 Å². The molecule has 1 fully saturated rings. The van der Waals surface area contributed by atoms with Crippen LogP contribution in [-0.2, 0) is 6.42 Å². The molecule has 1 aliphatic heterocycles. The van der Waals surface area contributed by atoms with E-state index in [1.165, 1.54) is 0 Å². The van der Waals surface area contributed by atoms with Crippen molar-refractivity contribution in [3.8, 4) is 0 Å². The minimum atomic E-state index is -0.0322. The van der Waals surface area contributed by atoms with Crippen LogP contribution >= 0.6 is 0 Å². The molecule has 0 unspecified atom stereocenters. The molecule has 1 atom stereocenters. The minimum Gasteiger partial charge on any atom is -0.361 e. The molecular formula is C13H21N3O2. The Morgan fingerprint density at radius 1 is 1.56 bits per heavy atom. The summed E-state index contributed by atoms with van der Waals surface area (Å²) >= 11 is 0. The van der Waals surface area contributed by atoms with E-state index in [0.29, 0.717) is 5.69 Å². The summed E-state index contributed by atoms with van der Waals surface area (Å²) < 4.78 is 5.15. The predicted molar refractivity (Wildman–Crippen MR) is 68.2 cm³/mol. The Balaban J connectivity index is 2.00. The second-order valence-electron chi connectivity index (χ2n) is 4.91. The number of hydrogen-bond acceptors (Lipinski definition) is 4. The summed E-state index contributed by atoms with van der Waals surface area (Å²) in [5.41, 5.74) is 6.33. The van der Waals surface area contributed by atoms with Crippen LogP contribution in [0.2, 0.25) is 0 Å². The van der Waals surface area contributed by atoms with Gasteiger partial charge < -0.3 is 15.2 Å². The summed E-state index contributed by atoms with van der Waals surface area (Å²) in [6.07, 6.45) is 4.63. The second-order valence-corrected chi connectivity index (χ2v) is 4.91. The first-order chi connectivity index (χ1) is 8.70. The Hall–Kier alpha value is -1.36. The second kappa shape index (κ2) is 6.00. The van der Waals surface area contributed by atoms with Gasteiger partial charge >= 0.3 is 0 Å². The largest absolute Gasteiger partial charge is 0.361 e. The van der Waals surface area contributed by atoms with E-state index in [0.717, 1.165) is 51.0 Å². The van der Waals surface area contributed by atoms with Gasteiger partial charge in [0.1, 0.15) is 5.76 Å². The number of carbonyl (C=O) groups excluding carboxylic acids is 1. The van der Waals surface area contributed by atoms with Crippen molar-refractivity contribution in [2.24, 2.45) is 5.73 Å². The summed E-state index contributed by atoms with van der Waals surface area (Å²) in [7, 11) is 0. The predicted octanol–water partition coefficient (Wildman–Crippen LogP) is 1.58. The van der Waals surface area contributed by atoms with Crippen molar-refractivity contribution in [3.05, 3.63) is 17.5 Å². The van der Waals surface area contributed by atoms with Crippen LogP contribution in [0.4, 0.5) is 0 Å². The number of nitrogens with zero attached hydrogens (tertiary/aromatic N) is 2. The Kier molecular flexibility index (Phi) is 4.36. The number of amides is 1. The highest BCUT2D eigenvalue weighted by Crippen LogP contribution is 2.14. The lowest BCUT2D eigenvalue weighted by Crippen LogP contribution is -2.33. The summed E-state index contributed by atoms with van der Waals surface area (Å²) in [5.74, 6) is 0.752. The molecule has 5 nitrogen and oxygen atoms in total. The standard InChI is InChI=1S/C13H21N3O2/c1-2-4-11-9-12(15-18-11)13(17)16-7-3-5-10(14)6-8-16/h9-10H,2-8,14H2,1H3/t10-/m1/s1. The first kappa shape index (κ1) is 13.1. The molecule has 18 heavy (non-hydrogen) atoms. The summed E-state index contributed by atoms with van der Waals surface area (Å²) in [5, 5.41) is 3.86. The van der Waals surface area contributed by atoms with Crippen molar-refractivity contribution < 1.29 is 9.32 Å². The molecule has 100 valence electrons. The van der Waals surface area contributed by atoms with Gasteiger partial charge in [-0.1, -0.05) is 12.1 Å². The lowest BCUT2D eigenvalue weighted by Gasteiger charge is -2.18. The average Bonchev–Trinajstić information content (AvgIpc) is 2.71. The maximum Gasteiger partial charge on any atom is 0.276 e. The summed E-state index contributed by atoms with van der Waals surface area (Å²) in [4.78, 5) is 14.1. The molecule has 0 spiro atoms. The van der Waals surface area contributed by atoms with Gasteiger partial charge in [-0.05, 0) is 25.7 Å². The zero-order chi connectivity index (χ0) is 13.0. The Morgan fingerprint density at radius 2 is 2.39 bits per heavy atom. The van der Waals surface area contributed by atoms with E-state index < -0.39 is 0 Å². The Morgan fingerprint density at radius 3 is 3.17 bits per heavy atom. The molecule has 5 heteroatoms. The number of rotatable bonds is 3. The number of hydrogen-bond donors (Lipinski definition) is 1. The van der Waals surface area contributed by atoms with E-state index >= 15 is 0 Å². The number of aryl methyl sites for hydroxylation is 1. The number of nitrogens with two attached hydrogens (primary N) is 1. The third kappa shape index (κ3) is 3.10. The van der Waals surface area contributed by atoms with Gasteiger partial charge in [0, 0.05) is 31.6 Å². The van der Waals surface area contributed by atoms with Gasteiger partial charge in [-0.2, -0.15) is 0 Å². The molecule has 0 aliphatic carbocycles. The van der Waals surface area contributed by atoms with E-state index in [4.69, 9.17) is 10.3 Å². The Labute approximate surface area is 107 Å². The molecule has 0 saturated carbocycles. The molecule has 1 aromatic heterocycles. The van der Waals surface area contributed by atoms with E-state index in [1.807, 2.05) is 4.90 Å². The number of carbonyl (C=O) groups is 1. The van der Waals surface area contributed by atoms with Gasteiger partial charge in [0.2, 0.25) is 0 Å². The van der Waals surface area contributed by atoms with Gasteiger partial charge in [0.05, 0.1) is 0 Å². The molecule has 1 saturated heterocycles. The van der Waals surface area contributed by atoms with Gasteiger partial charge in [0.15, 0.2) is 5.69 Å². The maximum absolute atomic E-state index is 12.2. The molecular weight excluding hydrogens is 230 g/mol. The SMILES string of the molecule is CCCc1cc(C(=O)N2CCC[C@@H](N)CC2)no1. The lowest BCUT2D eigenvalue weighted by atomic mass is 10.1. The average molecular weight is 251 g/mol. The summed E-state index contributed by atoms with van der Waals surface area (Å²) in [6.45, 7) is 3.55. The first-order valence-corrected chi connectivity index (χ1v) is 6.71. The van der Waals surface area contributed by atoms with Gasteiger partial charge in [0.25, 0.3) is 5.91 Å². The van der Waals surface area contributed by atoms with Crippen LogP contribution in [0.25, 0.3) is 0 Å². The third-order valence-electron chi connectivity index (χ3n) is 3.33. The van der Waals surface area contributed by atoms with Crippen LogP contribution in [0.1, 0.15) is 48.9 Å². The fourth-order valence-electron chi connectivity index (χ4n) is 2.27. The first-order valence-electron chi connectivity index (χ1n) is 6.71. The number of likely N-dealkylation sites (tertiary alicyclic amines) is 1.